The number of piperidine rings is 1. The van der Waals surface area contributed by atoms with Crippen molar-refractivity contribution in [3.8, 4) is 0 Å². The van der Waals surface area contributed by atoms with Crippen molar-refractivity contribution in [1.82, 2.24) is 9.88 Å². The van der Waals surface area contributed by atoms with Gasteiger partial charge in [0.25, 0.3) is 0 Å². The maximum absolute atomic E-state index is 11.3. The monoisotopic (exact) mass is 445 g/mol. The van der Waals surface area contributed by atoms with Gasteiger partial charge in [0.05, 0.1) is 16.3 Å². The molecule has 1 aliphatic rings. The van der Waals surface area contributed by atoms with Crippen molar-refractivity contribution in [2.75, 3.05) is 37.0 Å². The Hall–Kier alpha value is -0.890. The van der Waals surface area contributed by atoms with Crippen LogP contribution >= 0.6 is 27.5 Å². The molecular formula is C17H21BrClN3O2S. The summed E-state index contributed by atoms with van der Waals surface area (Å²) in [6.45, 7) is 2.42. The molecular weight excluding hydrogens is 426 g/mol. The number of hydrogen-bond donors (Lipinski definition) is 1. The number of hydrogen-bond acceptors (Lipinski definition) is 5. The summed E-state index contributed by atoms with van der Waals surface area (Å²) >= 11 is 9.78. The van der Waals surface area contributed by atoms with Crippen LogP contribution in [0.1, 0.15) is 12.8 Å². The molecule has 25 heavy (non-hydrogen) atoms. The van der Waals surface area contributed by atoms with Crippen molar-refractivity contribution < 1.29 is 8.42 Å². The molecule has 1 aliphatic heterocycles. The number of nitrogens with zero attached hydrogens (tertiary/aromatic N) is 2. The van der Waals surface area contributed by atoms with E-state index in [0.717, 1.165) is 47.0 Å². The number of halogens is 2. The fourth-order valence-electron chi connectivity index (χ4n) is 3.12. The second-order valence-corrected chi connectivity index (χ2v) is 10.1. The summed E-state index contributed by atoms with van der Waals surface area (Å²) in [5, 5.41) is 5.24. The number of aromatic nitrogens is 1. The summed E-state index contributed by atoms with van der Waals surface area (Å²) in [4.78, 5) is 6.60. The predicted octanol–water partition coefficient (Wildman–Crippen LogP) is 3.57. The highest BCUT2D eigenvalue weighted by atomic mass is 79.9. The molecule has 0 spiro atoms. The SMILES string of the molecule is CS(=O)(=O)CCN1CCC(Nc2ccnc3c(Cl)cc(Br)cc23)CC1. The number of sulfone groups is 1. The van der Waals surface area contributed by atoms with E-state index in [2.05, 4.69) is 31.1 Å². The highest BCUT2D eigenvalue weighted by Gasteiger charge is 2.20. The van der Waals surface area contributed by atoms with E-state index in [1.54, 1.807) is 6.20 Å². The maximum atomic E-state index is 11.3. The third-order valence-electron chi connectivity index (χ3n) is 4.49. The quantitative estimate of drug-likeness (QED) is 0.761. The van der Waals surface area contributed by atoms with E-state index in [1.165, 1.54) is 6.26 Å². The summed E-state index contributed by atoms with van der Waals surface area (Å²) in [5.74, 6) is 0.229. The molecule has 2 heterocycles. The molecule has 0 saturated carbocycles. The first kappa shape index (κ1) is 18.9. The molecule has 0 aliphatic carbocycles. The average Bonchev–Trinajstić information content (AvgIpc) is 2.54. The third kappa shape index (κ3) is 5.06. The fraction of sp³-hybridized carbons (Fsp3) is 0.471. The van der Waals surface area contributed by atoms with Gasteiger partial charge in [-0.3, -0.25) is 4.98 Å². The molecule has 5 nitrogen and oxygen atoms in total. The molecule has 1 aromatic carbocycles. The number of pyridine rings is 1. The van der Waals surface area contributed by atoms with Crippen LogP contribution in [-0.2, 0) is 9.84 Å². The molecule has 1 N–H and O–H groups in total. The Morgan fingerprint density at radius 1 is 1.36 bits per heavy atom. The molecule has 1 aromatic heterocycles. The first-order valence-corrected chi connectivity index (χ1v) is 11.5. The summed E-state index contributed by atoms with van der Waals surface area (Å²) in [6.07, 6.45) is 5.02. The van der Waals surface area contributed by atoms with E-state index < -0.39 is 9.84 Å². The van der Waals surface area contributed by atoms with Gasteiger partial charge in [-0.25, -0.2) is 8.42 Å². The van der Waals surface area contributed by atoms with Gasteiger partial charge in [-0.15, -0.1) is 0 Å². The van der Waals surface area contributed by atoms with Gasteiger partial charge in [-0.2, -0.15) is 0 Å². The van der Waals surface area contributed by atoms with Gasteiger partial charge < -0.3 is 10.2 Å². The van der Waals surface area contributed by atoms with Gasteiger partial charge in [0, 0.05) is 53.7 Å². The molecule has 0 amide bonds. The van der Waals surface area contributed by atoms with Crippen LogP contribution < -0.4 is 5.32 Å². The van der Waals surface area contributed by atoms with Crippen molar-refractivity contribution in [3.05, 3.63) is 33.9 Å². The third-order valence-corrected chi connectivity index (χ3v) is 6.16. The van der Waals surface area contributed by atoms with Gasteiger partial charge in [0.2, 0.25) is 0 Å². The fourth-order valence-corrected chi connectivity index (χ4v) is 4.57. The Morgan fingerprint density at radius 2 is 2.08 bits per heavy atom. The number of fused-ring (bicyclic) bond motifs is 1. The van der Waals surface area contributed by atoms with Crippen molar-refractivity contribution in [1.29, 1.82) is 0 Å². The normalized spacial score (nSPS) is 17.1. The van der Waals surface area contributed by atoms with Crippen molar-refractivity contribution in [3.63, 3.8) is 0 Å². The number of benzene rings is 1. The molecule has 0 radical (unpaired) electrons. The Kier molecular flexibility index (Phi) is 5.88. The van der Waals surface area contributed by atoms with E-state index in [-0.39, 0.29) is 5.75 Å². The zero-order valence-corrected chi connectivity index (χ0v) is 17.2. The lowest BCUT2D eigenvalue weighted by Crippen LogP contribution is -2.41. The number of rotatable bonds is 5. The summed E-state index contributed by atoms with van der Waals surface area (Å²) < 4.78 is 23.5. The molecule has 3 rings (SSSR count). The lowest BCUT2D eigenvalue weighted by Gasteiger charge is -2.32. The van der Waals surface area contributed by atoms with Crippen molar-refractivity contribution >= 4 is 54.0 Å². The van der Waals surface area contributed by atoms with Crippen LogP contribution in [-0.4, -0.2) is 56.0 Å². The van der Waals surface area contributed by atoms with Crippen LogP contribution in [0.15, 0.2) is 28.9 Å². The smallest absolute Gasteiger partial charge is 0.148 e. The zero-order chi connectivity index (χ0) is 18.0. The minimum absolute atomic E-state index is 0.229. The number of anilines is 1. The topological polar surface area (TPSA) is 62.3 Å². The predicted molar refractivity (Wildman–Crippen MR) is 107 cm³/mol. The largest absolute Gasteiger partial charge is 0.382 e. The average molecular weight is 447 g/mol. The molecule has 0 bridgehead atoms. The van der Waals surface area contributed by atoms with Crippen LogP contribution in [0, 0.1) is 0 Å². The summed E-state index contributed by atoms with van der Waals surface area (Å²) in [6, 6.07) is 6.21. The van der Waals surface area contributed by atoms with Gasteiger partial charge in [0.15, 0.2) is 0 Å². The maximum Gasteiger partial charge on any atom is 0.148 e. The standard InChI is InChI=1S/C17H21BrClN3O2S/c1-25(23,24)9-8-22-6-3-13(4-7-22)21-16-2-5-20-17-14(16)10-12(18)11-15(17)19/h2,5,10-11,13H,3-4,6-9H2,1H3,(H,20,21). The Labute approximate surface area is 161 Å². The minimum atomic E-state index is -2.90. The molecule has 0 atom stereocenters. The van der Waals surface area contributed by atoms with Gasteiger partial charge >= 0.3 is 0 Å². The van der Waals surface area contributed by atoms with Gasteiger partial charge in [-0.05, 0) is 31.0 Å². The lowest BCUT2D eigenvalue weighted by atomic mass is 10.0. The zero-order valence-electron chi connectivity index (χ0n) is 14.0. The molecule has 8 heteroatoms. The Balaban J connectivity index is 1.66. The van der Waals surface area contributed by atoms with Crippen molar-refractivity contribution in [2.24, 2.45) is 0 Å². The molecule has 0 unspecified atom stereocenters. The highest BCUT2D eigenvalue weighted by molar-refractivity contribution is 9.10. The second-order valence-electron chi connectivity index (χ2n) is 6.53. The Morgan fingerprint density at radius 3 is 2.76 bits per heavy atom. The minimum Gasteiger partial charge on any atom is -0.382 e. The van der Waals surface area contributed by atoms with Crippen LogP contribution in [0.4, 0.5) is 5.69 Å². The second kappa shape index (κ2) is 7.78. The number of likely N-dealkylation sites (tertiary alicyclic amines) is 1. The molecule has 2 aromatic rings. The highest BCUT2D eigenvalue weighted by Crippen LogP contribution is 2.32. The lowest BCUT2D eigenvalue weighted by molar-refractivity contribution is 0.230. The van der Waals surface area contributed by atoms with Gasteiger partial charge in [0.1, 0.15) is 9.84 Å². The first-order valence-electron chi connectivity index (χ1n) is 8.22. The van der Waals surface area contributed by atoms with Crippen LogP contribution in [0.2, 0.25) is 5.02 Å². The van der Waals surface area contributed by atoms with E-state index in [1.807, 2.05) is 18.2 Å². The van der Waals surface area contributed by atoms with E-state index >= 15 is 0 Å². The molecule has 136 valence electrons. The van der Waals surface area contributed by atoms with E-state index in [9.17, 15) is 8.42 Å². The molecule has 1 saturated heterocycles. The van der Waals surface area contributed by atoms with Crippen molar-refractivity contribution in [2.45, 2.75) is 18.9 Å². The van der Waals surface area contributed by atoms with E-state index in [0.29, 0.717) is 17.6 Å². The van der Waals surface area contributed by atoms with Gasteiger partial charge in [-0.1, -0.05) is 27.5 Å². The first-order chi connectivity index (χ1) is 11.8. The number of nitrogens with one attached hydrogen (secondary N) is 1. The summed E-state index contributed by atoms with van der Waals surface area (Å²) in [7, 11) is -2.90. The van der Waals surface area contributed by atoms with Crippen LogP contribution in [0.25, 0.3) is 10.9 Å². The van der Waals surface area contributed by atoms with Crippen LogP contribution in [0.5, 0.6) is 0 Å². The Bertz CT molecular complexity index is 868. The molecule has 1 fully saturated rings. The summed E-state index contributed by atoms with van der Waals surface area (Å²) in [5.41, 5.74) is 1.82. The van der Waals surface area contributed by atoms with Crippen LogP contribution in [0.3, 0.4) is 0 Å². The van der Waals surface area contributed by atoms with E-state index in [4.69, 9.17) is 11.6 Å².